The average Bonchev–Trinajstić information content (AvgIpc) is 3.54. The van der Waals surface area contributed by atoms with Gasteiger partial charge < -0.3 is 9.47 Å². The topological polar surface area (TPSA) is 8.17 Å². The van der Waals surface area contributed by atoms with Gasteiger partial charge in [0.15, 0.2) is 0 Å². The number of fused-ring (bicyclic) bond motifs is 7. The molecule has 6 aromatic carbocycles. The average molecular weight is 579 g/mol. The number of allylic oxidation sites excluding steroid dienone is 4. The number of nitrogens with zero attached hydrogens (tertiary/aromatic N) is 2. The summed E-state index contributed by atoms with van der Waals surface area (Å²) in [5.74, 6) is 0.516. The van der Waals surface area contributed by atoms with Crippen molar-refractivity contribution in [2.24, 2.45) is 5.92 Å². The van der Waals surface area contributed by atoms with E-state index >= 15 is 0 Å². The fraction of sp³-hybridized carbons (Fsp3) is 0.116. The number of benzene rings is 6. The van der Waals surface area contributed by atoms with Crippen molar-refractivity contribution in [1.82, 2.24) is 4.57 Å². The van der Waals surface area contributed by atoms with Gasteiger partial charge in [-0.2, -0.15) is 0 Å². The second-order valence-electron chi connectivity index (χ2n) is 13.0. The summed E-state index contributed by atoms with van der Waals surface area (Å²) in [5.41, 5.74) is 11.5. The molecule has 216 valence electrons. The number of hydrogen-bond donors (Lipinski definition) is 0. The van der Waals surface area contributed by atoms with E-state index in [1.165, 1.54) is 60.7 Å². The van der Waals surface area contributed by atoms with Crippen LogP contribution in [0.2, 0.25) is 0 Å². The molecular formula is C43H34N2. The van der Waals surface area contributed by atoms with Crippen LogP contribution in [0.5, 0.6) is 0 Å². The van der Waals surface area contributed by atoms with Crippen LogP contribution in [0.15, 0.2) is 152 Å². The molecular weight excluding hydrogens is 544 g/mol. The Bertz CT molecular complexity index is 2330. The molecule has 0 amide bonds. The number of anilines is 3. The minimum Gasteiger partial charge on any atom is -0.310 e. The summed E-state index contributed by atoms with van der Waals surface area (Å²) in [4.78, 5) is 2.45. The highest BCUT2D eigenvalue weighted by molar-refractivity contribution is 6.10. The molecule has 45 heavy (non-hydrogen) atoms. The Kier molecular flexibility index (Phi) is 5.70. The highest BCUT2D eigenvalue weighted by Crippen LogP contribution is 2.54. The predicted molar refractivity (Wildman–Crippen MR) is 191 cm³/mol. The molecule has 0 bridgehead atoms. The molecule has 0 saturated heterocycles. The number of para-hydroxylation sites is 2. The molecule has 2 nitrogen and oxygen atoms in total. The lowest BCUT2D eigenvalue weighted by molar-refractivity contribution is 0.415. The first kappa shape index (κ1) is 26.1. The Labute approximate surface area is 264 Å². The van der Waals surface area contributed by atoms with E-state index in [1.807, 2.05) is 0 Å². The molecule has 2 aliphatic rings. The molecule has 1 atom stereocenters. The molecule has 0 saturated carbocycles. The molecule has 0 fully saturated rings. The van der Waals surface area contributed by atoms with Crippen molar-refractivity contribution in [3.8, 4) is 5.69 Å². The van der Waals surface area contributed by atoms with Crippen molar-refractivity contribution in [2.45, 2.75) is 25.7 Å². The maximum atomic E-state index is 2.46. The minimum atomic E-state index is 0.0596. The van der Waals surface area contributed by atoms with Crippen LogP contribution >= 0.6 is 0 Å². The molecule has 0 radical (unpaired) electrons. The third-order valence-corrected chi connectivity index (χ3v) is 10.2. The second-order valence-corrected chi connectivity index (χ2v) is 13.0. The Balaban J connectivity index is 1.28. The molecule has 0 spiro atoms. The maximum absolute atomic E-state index is 2.46. The molecule has 1 heterocycles. The van der Waals surface area contributed by atoms with Gasteiger partial charge in [-0.05, 0) is 106 Å². The quantitative estimate of drug-likeness (QED) is 0.202. The zero-order valence-electron chi connectivity index (χ0n) is 25.6. The van der Waals surface area contributed by atoms with Crippen LogP contribution in [0.3, 0.4) is 0 Å². The highest BCUT2D eigenvalue weighted by atomic mass is 15.1. The first-order valence-electron chi connectivity index (χ1n) is 16.0. The van der Waals surface area contributed by atoms with Crippen molar-refractivity contribution in [2.75, 3.05) is 4.90 Å². The van der Waals surface area contributed by atoms with E-state index < -0.39 is 0 Å². The van der Waals surface area contributed by atoms with E-state index in [4.69, 9.17) is 0 Å². The minimum absolute atomic E-state index is 0.0596. The lowest BCUT2D eigenvalue weighted by Crippen LogP contribution is -2.24. The van der Waals surface area contributed by atoms with Gasteiger partial charge in [0, 0.05) is 33.5 Å². The molecule has 0 aliphatic heterocycles. The third-order valence-electron chi connectivity index (χ3n) is 10.2. The Morgan fingerprint density at radius 1 is 0.622 bits per heavy atom. The fourth-order valence-corrected chi connectivity index (χ4v) is 7.95. The van der Waals surface area contributed by atoms with Gasteiger partial charge in [0.1, 0.15) is 0 Å². The van der Waals surface area contributed by atoms with Crippen molar-refractivity contribution in [1.29, 1.82) is 0 Å². The van der Waals surface area contributed by atoms with Gasteiger partial charge in [0.05, 0.1) is 11.0 Å². The van der Waals surface area contributed by atoms with Crippen molar-refractivity contribution in [3.05, 3.63) is 163 Å². The SMILES string of the molecule is CC1(C)c2cc(N(c3ccc4ccccc4c3)c3ccc4c(c3)c3ccccc3n4-c3ccccc3)ccc2C2=CC=CCC21. The third kappa shape index (κ3) is 3.95. The van der Waals surface area contributed by atoms with E-state index in [1.54, 1.807) is 0 Å². The lowest BCUT2D eigenvalue weighted by Gasteiger charge is -2.30. The lowest BCUT2D eigenvalue weighted by atomic mass is 9.75. The molecule has 1 aromatic heterocycles. The molecule has 2 aliphatic carbocycles. The fourth-order valence-electron chi connectivity index (χ4n) is 7.95. The van der Waals surface area contributed by atoms with E-state index in [-0.39, 0.29) is 5.41 Å². The van der Waals surface area contributed by atoms with Crippen molar-refractivity contribution < 1.29 is 0 Å². The summed E-state index contributed by atoms with van der Waals surface area (Å²) in [6.45, 7) is 4.84. The summed E-state index contributed by atoms with van der Waals surface area (Å²) in [7, 11) is 0. The highest BCUT2D eigenvalue weighted by Gasteiger charge is 2.42. The Morgan fingerprint density at radius 2 is 1.31 bits per heavy atom. The molecule has 7 aromatic rings. The van der Waals surface area contributed by atoms with Crippen LogP contribution in [-0.2, 0) is 5.41 Å². The maximum Gasteiger partial charge on any atom is 0.0542 e. The van der Waals surface area contributed by atoms with Crippen molar-refractivity contribution >= 4 is 55.2 Å². The van der Waals surface area contributed by atoms with Gasteiger partial charge >= 0.3 is 0 Å². The smallest absolute Gasteiger partial charge is 0.0542 e. The zero-order chi connectivity index (χ0) is 30.1. The van der Waals surface area contributed by atoms with Crippen molar-refractivity contribution in [3.63, 3.8) is 0 Å². The van der Waals surface area contributed by atoms with Crippen LogP contribution in [0.4, 0.5) is 17.1 Å². The predicted octanol–water partition coefficient (Wildman–Crippen LogP) is 11.7. The van der Waals surface area contributed by atoms with Crippen LogP contribution in [0, 0.1) is 5.92 Å². The Hall–Kier alpha value is -5.34. The summed E-state index contributed by atoms with van der Waals surface area (Å²) in [6, 6.07) is 49.1. The molecule has 1 unspecified atom stereocenters. The second kappa shape index (κ2) is 9.84. The van der Waals surface area contributed by atoms with Gasteiger partial charge in [-0.15, -0.1) is 0 Å². The standard InChI is InChI=1S/C43H34N2/c1-43(2)39-18-10-8-16-35(39)36-24-22-34(28-40(36)43)44(32-21-20-29-12-6-7-13-30(29)26-32)33-23-25-42-38(27-33)37-17-9-11-19-41(37)45(42)31-14-4-3-5-15-31/h3-17,19-28,39H,18H2,1-2H3. The number of hydrogen-bond acceptors (Lipinski definition) is 1. The number of rotatable bonds is 4. The summed E-state index contributed by atoms with van der Waals surface area (Å²) in [5, 5.41) is 5.00. The van der Waals surface area contributed by atoms with Crippen LogP contribution < -0.4 is 4.90 Å². The molecule has 0 N–H and O–H groups in total. The van der Waals surface area contributed by atoms with Crippen LogP contribution in [0.25, 0.3) is 43.8 Å². The van der Waals surface area contributed by atoms with Gasteiger partial charge in [0.25, 0.3) is 0 Å². The van der Waals surface area contributed by atoms with Crippen LogP contribution in [0.1, 0.15) is 31.4 Å². The molecule has 2 heteroatoms. The number of aromatic nitrogens is 1. The summed E-state index contributed by atoms with van der Waals surface area (Å²) >= 11 is 0. The largest absolute Gasteiger partial charge is 0.310 e. The van der Waals surface area contributed by atoms with Crippen LogP contribution in [-0.4, -0.2) is 4.57 Å². The van der Waals surface area contributed by atoms with E-state index in [0.29, 0.717) is 5.92 Å². The Morgan fingerprint density at radius 3 is 2.20 bits per heavy atom. The van der Waals surface area contributed by atoms with E-state index in [9.17, 15) is 0 Å². The zero-order valence-corrected chi connectivity index (χ0v) is 25.6. The first-order chi connectivity index (χ1) is 22.1. The van der Waals surface area contributed by atoms with Gasteiger partial charge in [-0.3, -0.25) is 0 Å². The summed E-state index contributed by atoms with van der Waals surface area (Å²) < 4.78 is 2.39. The van der Waals surface area contributed by atoms with Gasteiger partial charge in [-0.25, -0.2) is 0 Å². The van der Waals surface area contributed by atoms with Gasteiger partial charge in [-0.1, -0.05) is 105 Å². The first-order valence-corrected chi connectivity index (χ1v) is 16.0. The van der Waals surface area contributed by atoms with Gasteiger partial charge in [0.2, 0.25) is 0 Å². The monoisotopic (exact) mass is 578 g/mol. The normalized spacial score (nSPS) is 16.6. The van der Waals surface area contributed by atoms with E-state index in [2.05, 4.69) is 175 Å². The molecule has 9 rings (SSSR count). The summed E-state index contributed by atoms with van der Waals surface area (Å²) in [6.07, 6.45) is 7.98. The van der Waals surface area contributed by atoms with E-state index in [0.717, 1.165) is 17.8 Å².